The van der Waals surface area contributed by atoms with E-state index in [1.54, 1.807) is 0 Å². The van der Waals surface area contributed by atoms with E-state index in [2.05, 4.69) is 304 Å². The molecule has 0 saturated carbocycles. The Balaban J connectivity index is 0.650. The lowest BCUT2D eigenvalue weighted by Crippen LogP contribution is -2.17. The number of nitrogens with zero attached hydrogens (tertiary/aromatic N) is 2. The Kier molecular flexibility index (Phi) is 10.1. The Bertz CT molecular complexity index is 4900. The maximum Gasteiger partial charge on any atom is 0.0541 e. The molecule has 0 N–H and O–H groups in total. The van der Waals surface area contributed by atoms with Crippen LogP contribution in [0.2, 0.25) is 0 Å². The van der Waals surface area contributed by atoms with E-state index in [-0.39, 0.29) is 10.8 Å². The van der Waals surface area contributed by atoms with Crippen LogP contribution in [0.3, 0.4) is 0 Å². The fourth-order valence-electron chi connectivity index (χ4n) is 13.8. The van der Waals surface area contributed by atoms with Gasteiger partial charge in [0, 0.05) is 43.7 Å². The molecule has 378 valence electrons. The third kappa shape index (κ3) is 7.05. The lowest BCUT2D eigenvalue weighted by molar-refractivity contribution is 0.652. The molecule has 0 saturated heterocycles. The molecule has 2 aliphatic rings. The Morgan fingerprint density at radius 2 is 0.662 bits per heavy atom. The largest absolute Gasteiger partial charge is 0.309 e. The summed E-state index contributed by atoms with van der Waals surface area (Å²) in [6.45, 7) is 9.66. The summed E-state index contributed by atoms with van der Waals surface area (Å²) in [5, 5.41) is 7.58. The van der Waals surface area contributed by atoms with Crippen molar-refractivity contribution in [1.29, 1.82) is 0 Å². The number of para-hydroxylation sites is 3. The quantitative estimate of drug-likeness (QED) is 0.141. The summed E-state index contributed by atoms with van der Waals surface area (Å²) in [6.07, 6.45) is 4.44. The van der Waals surface area contributed by atoms with Crippen molar-refractivity contribution < 1.29 is 0 Å². The number of hydrogen-bond donors (Lipinski definition) is 0. The van der Waals surface area contributed by atoms with Crippen molar-refractivity contribution in [3.05, 3.63) is 288 Å². The summed E-state index contributed by atoms with van der Waals surface area (Å²) in [6, 6.07) is 95.0. The van der Waals surface area contributed by atoms with Crippen LogP contribution in [-0.2, 0) is 10.8 Å². The molecule has 0 unspecified atom stereocenters. The van der Waals surface area contributed by atoms with Crippen LogP contribution in [0.25, 0.3) is 134 Å². The van der Waals surface area contributed by atoms with Gasteiger partial charge in [0.1, 0.15) is 0 Å². The lowest BCUT2D eigenvalue weighted by Gasteiger charge is -2.24. The fraction of sp³-hybridized carbons (Fsp3) is 0.0769. The first-order chi connectivity index (χ1) is 39.1. The minimum atomic E-state index is -0.165. The van der Waals surface area contributed by atoms with Gasteiger partial charge in [0.05, 0.1) is 22.1 Å². The molecule has 12 aromatic carbocycles. The molecule has 2 nitrogen and oxygen atoms in total. The summed E-state index contributed by atoms with van der Waals surface area (Å²) in [5.41, 5.74) is 27.7. The van der Waals surface area contributed by atoms with E-state index in [1.807, 2.05) is 0 Å². The first-order valence-corrected chi connectivity index (χ1v) is 28.1. The van der Waals surface area contributed by atoms with Gasteiger partial charge in [-0.2, -0.15) is 0 Å². The SMILES string of the molecule is CC1(C)c2cc(-c3ccc(/C=C/c4ccc(-c5ccc6c(c5)c5ccccc5n6-c5ccccc5)cc4)cc3)ccc2-c2cc3c(cc21)-c1ccc(-c2ccc4c(c2)c2ccccc2n4-c2ccc4ccccc4c2)cc1C3(C)C. The smallest absolute Gasteiger partial charge is 0.0541 e. The van der Waals surface area contributed by atoms with Gasteiger partial charge < -0.3 is 9.13 Å². The van der Waals surface area contributed by atoms with E-state index in [0.29, 0.717) is 0 Å². The topological polar surface area (TPSA) is 9.86 Å². The van der Waals surface area contributed by atoms with Crippen LogP contribution >= 0.6 is 0 Å². The maximum atomic E-state index is 2.53. The molecule has 0 atom stereocenters. The number of aromatic nitrogens is 2. The first kappa shape index (κ1) is 46.3. The van der Waals surface area contributed by atoms with Gasteiger partial charge in [-0.25, -0.2) is 0 Å². The standard InChI is InChI=1S/C78H56N2/c1-77(2)69-45-57(53-30-26-50(27-31-53)23-22-49-24-28-52(29-25-49)55-35-40-75-67(43-55)63-18-10-12-20-73(63)79(75)59-16-6-5-7-17-59)33-38-61(69)65-47-72-66(48-71(65)77)62-39-34-58(46-70(62)78(72,3)4)56-36-41-76-68(44-56)64-19-11-13-21-74(64)80(76)60-37-32-51-14-8-9-15-54(51)42-60/h5-48H,1-4H3/b23-22+. The van der Waals surface area contributed by atoms with Crippen LogP contribution in [0, 0.1) is 0 Å². The summed E-state index contributed by atoms with van der Waals surface area (Å²) < 4.78 is 4.79. The molecular weight excluding hydrogens is 965 g/mol. The second-order valence-corrected chi connectivity index (χ2v) is 23.3. The van der Waals surface area contributed by atoms with E-state index >= 15 is 0 Å². The predicted molar refractivity (Wildman–Crippen MR) is 339 cm³/mol. The number of benzene rings is 12. The molecule has 80 heavy (non-hydrogen) atoms. The van der Waals surface area contributed by atoms with E-state index < -0.39 is 0 Å². The summed E-state index contributed by atoms with van der Waals surface area (Å²) in [4.78, 5) is 0. The van der Waals surface area contributed by atoms with Crippen LogP contribution in [-0.4, -0.2) is 9.13 Å². The van der Waals surface area contributed by atoms with Crippen molar-refractivity contribution in [2.45, 2.75) is 38.5 Å². The molecule has 14 aromatic rings. The Morgan fingerprint density at radius 1 is 0.263 bits per heavy atom. The van der Waals surface area contributed by atoms with Gasteiger partial charge in [0.2, 0.25) is 0 Å². The molecule has 0 fully saturated rings. The van der Waals surface area contributed by atoms with Gasteiger partial charge in [-0.3, -0.25) is 0 Å². The van der Waals surface area contributed by atoms with Gasteiger partial charge in [-0.05, 0) is 185 Å². The van der Waals surface area contributed by atoms with Gasteiger partial charge in [-0.1, -0.05) is 210 Å². The molecule has 0 aliphatic heterocycles. The predicted octanol–water partition coefficient (Wildman–Crippen LogP) is 20.8. The molecule has 2 heteroatoms. The molecule has 0 bridgehead atoms. The average Bonchev–Trinajstić information content (AvgIpc) is 4.21. The molecule has 0 amide bonds. The third-order valence-corrected chi connectivity index (χ3v) is 18.1. The Labute approximate surface area is 466 Å². The van der Waals surface area contributed by atoms with Gasteiger partial charge in [0.25, 0.3) is 0 Å². The monoisotopic (exact) mass is 1020 g/mol. The second kappa shape index (κ2) is 17.4. The van der Waals surface area contributed by atoms with Gasteiger partial charge >= 0.3 is 0 Å². The summed E-state index contributed by atoms with van der Waals surface area (Å²) in [5.74, 6) is 0. The van der Waals surface area contributed by atoms with Crippen LogP contribution in [0.1, 0.15) is 61.1 Å². The van der Waals surface area contributed by atoms with Crippen molar-refractivity contribution in [3.63, 3.8) is 0 Å². The number of rotatable bonds is 7. The van der Waals surface area contributed by atoms with E-state index in [4.69, 9.17) is 0 Å². The zero-order chi connectivity index (χ0) is 53.4. The molecule has 2 heterocycles. The highest BCUT2D eigenvalue weighted by Crippen LogP contribution is 2.57. The van der Waals surface area contributed by atoms with Crippen molar-refractivity contribution in [2.75, 3.05) is 0 Å². The lowest BCUT2D eigenvalue weighted by atomic mass is 9.79. The van der Waals surface area contributed by atoms with Crippen molar-refractivity contribution in [3.8, 4) is 67.0 Å². The summed E-state index contributed by atoms with van der Waals surface area (Å²) >= 11 is 0. The zero-order valence-electron chi connectivity index (χ0n) is 45.3. The van der Waals surface area contributed by atoms with E-state index in [9.17, 15) is 0 Å². The number of hydrogen-bond acceptors (Lipinski definition) is 0. The zero-order valence-corrected chi connectivity index (χ0v) is 45.3. The normalized spacial score (nSPS) is 13.9. The average molecular weight is 1020 g/mol. The molecule has 2 aromatic heterocycles. The molecule has 2 aliphatic carbocycles. The highest BCUT2D eigenvalue weighted by molar-refractivity contribution is 6.12. The highest BCUT2D eigenvalue weighted by atomic mass is 15.0. The van der Waals surface area contributed by atoms with Crippen LogP contribution in [0.15, 0.2) is 255 Å². The van der Waals surface area contributed by atoms with Crippen LogP contribution in [0.5, 0.6) is 0 Å². The van der Waals surface area contributed by atoms with Crippen molar-refractivity contribution in [1.82, 2.24) is 9.13 Å². The van der Waals surface area contributed by atoms with Crippen LogP contribution in [0.4, 0.5) is 0 Å². The molecule has 0 spiro atoms. The van der Waals surface area contributed by atoms with Crippen molar-refractivity contribution in [2.24, 2.45) is 0 Å². The van der Waals surface area contributed by atoms with Gasteiger partial charge in [0.15, 0.2) is 0 Å². The van der Waals surface area contributed by atoms with E-state index in [0.717, 1.165) is 0 Å². The van der Waals surface area contributed by atoms with Gasteiger partial charge in [-0.15, -0.1) is 0 Å². The van der Waals surface area contributed by atoms with Crippen molar-refractivity contribution >= 4 is 66.5 Å². The van der Waals surface area contributed by atoms with Crippen LogP contribution < -0.4 is 0 Å². The maximum absolute atomic E-state index is 2.53. The highest BCUT2D eigenvalue weighted by Gasteiger charge is 2.42. The Hall–Kier alpha value is -9.76. The minimum absolute atomic E-state index is 0.155. The first-order valence-electron chi connectivity index (χ1n) is 28.1. The third-order valence-electron chi connectivity index (χ3n) is 18.1. The molecule has 16 rings (SSSR count). The number of fused-ring (bicyclic) bond motifs is 13. The second-order valence-electron chi connectivity index (χ2n) is 23.3. The Morgan fingerprint density at radius 3 is 1.21 bits per heavy atom. The van der Waals surface area contributed by atoms with E-state index in [1.165, 1.54) is 155 Å². The fourth-order valence-corrected chi connectivity index (χ4v) is 13.8. The molecular formula is C78H56N2. The molecule has 0 radical (unpaired) electrons. The summed E-state index contributed by atoms with van der Waals surface area (Å²) in [7, 11) is 0. The minimum Gasteiger partial charge on any atom is -0.309 e.